The molecule has 103 heavy (non-hydrogen) atoms. The van der Waals surface area contributed by atoms with Crippen LogP contribution in [0.15, 0.2) is 12.2 Å². The van der Waals surface area contributed by atoms with E-state index in [2.05, 4.69) is 115 Å². The Labute approximate surface area is 648 Å². The molecule has 0 aliphatic rings. The molecule has 0 bridgehead atoms. The second-order valence-corrected chi connectivity index (χ2v) is 35.1. The number of aliphatic hydroxyl groups is 1. The third-order valence-electron chi connectivity index (χ3n) is 26.7. The molecule has 0 radical (unpaired) electrons. The lowest BCUT2D eigenvalue weighted by Crippen LogP contribution is -2.73. The van der Waals surface area contributed by atoms with Gasteiger partial charge in [-0.2, -0.15) is 0 Å². The van der Waals surface area contributed by atoms with Gasteiger partial charge in [-0.1, -0.05) is 456 Å². The van der Waals surface area contributed by atoms with Gasteiger partial charge in [-0.25, -0.2) is 0 Å². The maximum atomic E-state index is 17.1. The van der Waals surface area contributed by atoms with E-state index in [1.165, 1.54) is 302 Å². The molecule has 8 atom stereocenters. The Hall–Kier alpha value is -1.40. The number of nitrogens with zero attached hydrogens (tertiary/aromatic N) is 1. The molecule has 6 heteroatoms. The summed E-state index contributed by atoms with van der Waals surface area (Å²) >= 11 is 0. The highest BCUT2D eigenvalue weighted by molar-refractivity contribution is 5.77. The second kappa shape index (κ2) is 69.8. The van der Waals surface area contributed by atoms with Gasteiger partial charge >= 0.3 is 11.9 Å². The first-order chi connectivity index (χ1) is 50.1. The molecule has 614 valence electrons. The number of rotatable bonds is 81. The van der Waals surface area contributed by atoms with Crippen LogP contribution < -0.4 is 0 Å². The average Bonchev–Trinajstić information content (AvgIpc) is 0.668. The van der Waals surface area contributed by atoms with Crippen molar-refractivity contribution in [2.45, 2.75) is 502 Å². The van der Waals surface area contributed by atoms with Crippen LogP contribution in [0.25, 0.3) is 0 Å². The fraction of sp³-hybridized carbons (Fsp3) is 0.959. The monoisotopic (exact) mass is 1450 g/mol. The van der Waals surface area contributed by atoms with E-state index in [9.17, 15) is 15.0 Å². The number of aliphatic carboxylic acids is 1. The lowest BCUT2D eigenvalue weighted by molar-refractivity contribution is -0.278. The number of esters is 1. The highest BCUT2D eigenvalue weighted by atomic mass is 16.5. The molecule has 0 aromatic heterocycles. The predicted octanol–water partition coefficient (Wildman–Crippen LogP) is 31.8. The van der Waals surface area contributed by atoms with Crippen molar-refractivity contribution in [3.63, 3.8) is 0 Å². The lowest BCUT2D eigenvalue weighted by atomic mass is 9.29. The van der Waals surface area contributed by atoms with Crippen molar-refractivity contribution in [1.82, 2.24) is 4.90 Å². The van der Waals surface area contributed by atoms with Crippen molar-refractivity contribution in [2.75, 3.05) is 32.8 Å². The summed E-state index contributed by atoms with van der Waals surface area (Å²) in [6.07, 6.45) is 79.6. The molecule has 0 rings (SSSR count). The van der Waals surface area contributed by atoms with Crippen molar-refractivity contribution in [1.29, 1.82) is 0 Å². The van der Waals surface area contributed by atoms with Gasteiger partial charge in [-0.15, -0.1) is 0 Å². The molecule has 0 aliphatic carbocycles. The van der Waals surface area contributed by atoms with Crippen LogP contribution >= 0.6 is 0 Å². The third kappa shape index (κ3) is 41.5. The van der Waals surface area contributed by atoms with E-state index in [0.717, 1.165) is 103 Å². The number of hydrogen-bond donors (Lipinski definition) is 2. The largest absolute Gasteiger partial charge is 0.481 e. The molecule has 0 spiro atoms. The zero-order valence-corrected chi connectivity index (χ0v) is 73.2. The summed E-state index contributed by atoms with van der Waals surface area (Å²) in [5.41, 5.74) is -1.72. The molecular formula is C97H191NO5. The molecule has 0 aromatic carbocycles. The number of carboxylic acid groups (broad SMARTS) is 1. The van der Waals surface area contributed by atoms with E-state index >= 15 is 4.79 Å². The summed E-state index contributed by atoms with van der Waals surface area (Å²) < 4.78 is 5.60. The van der Waals surface area contributed by atoms with Crippen molar-refractivity contribution in [3.8, 4) is 0 Å². The van der Waals surface area contributed by atoms with E-state index < -0.39 is 16.8 Å². The zero-order chi connectivity index (χ0) is 76.3. The van der Waals surface area contributed by atoms with Gasteiger partial charge in [0.15, 0.2) is 0 Å². The van der Waals surface area contributed by atoms with E-state index in [1.54, 1.807) is 0 Å². The predicted molar refractivity (Wildman–Crippen MR) is 458 cm³/mol. The van der Waals surface area contributed by atoms with Gasteiger partial charge in [-0.05, 0) is 123 Å². The van der Waals surface area contributed by atoms with Crippen LogP contribution in [0.3, 0.4) is 0 Å². The van der Waals surface area contributed by atoms with Crippen LogP contribution in [-0.2, 0) is 14.3 Å². The van der Waals surface area contributed by atoms with Crippen LogP contribution in [0.1, 0.15) is 502 Å². The molecule has 0 heterocycles. The molecule has 0 aliphatic heterocycles. The maximum Gasteiger partial charge on any atom is 0.310 e. The van der Waals surface area contributed by atoms with Crippen LogP contribution in [-0.4, -0.2) is 59.9 Å². The molecule has 0 saturated heterocycles. The number of allylic oxidation sites excluding steroid dienone is 1. The summed E-state index contributed by atoms with van der Waals surface area (Å²) in [7, 11) is 0. The number of carboxylic acids is 1. The minimum Gasteiger partial charge on any atom is -0.481 e. The Morgan fingerprint density at radius 2 is 0.631 bits per heavy atom. The number of unbranched alkanes of at least 4 members (excludes halogenated alkanes) is 43. The first-order valence-corrected chi connectivity index (χ1v) is 47.5. The van der Waals surface area contributed by atoms with Crippen LogP contribution in [0.2, 0.25) is 0 Å². The van der Waals surface area contributed by atoms with Crippen molar-refractivity contribution in [3.05, 3.63) is 12.2 Å². The van der Waals surface area contributed by atoms with Crippen LogP contribution in [0.4, 0.5) is 0 Å². The Morgan fingerprint density at radius 3 is 0.990 bits per heavy atom. The third-order valence-corrected chi connectivity index (χ3v) is 26.7. The molecule has 8 unspecified atom stereocenters. The summed E-state index contributed by atoms with van der Waals surface area (Å²) in [5.74, 6) is 1.56. The molecule has 0 fully saturated rings. The first-order valence-electron chi connectivity index (χ1n) is 47.5. The Balaban J connectivity index is 9.45. The topological polar surface area (TPSA) is 87.1 Å². The van der Waals surface area contributed by atoms with Gasteiger partial charge in [-0.3, -0.25) is 9.59 Å². The zero-order valence-electron chi connectivity index (χ0n) is 73.2. The molecule has 2 N–H and O–H groups in total. The van der Waals surface area contributed by atoms with Gasteiger partial charge in [0.05, 0.1) is 12.0 Å². The van der Waals surface area contributed by atoms with E-state index in [0.29, 0.717) is 43.2 Å². The minimum atomic E-state index is -0.945. The molecule has 6 nitrogen and oxygen atoms in total. The highest BCUT2D eigenvalue weighted by Crippen LogP contribution is 2.77. The number of ether oxygens (including phenoxy) is 1. The summed E-state index contributed by atoms with van der Waals surface area (Å²) in [6, 6.07) is 0. The summed E-state index contributed by atoms with van der Waals surface area (Å²) in [5, 5.41) is 25.0. The van der Waals surface area contributed by atoms with Crippen molar-refractivity contribution >= 4 is 11.9 Å². The van der Waals surface area contributed by atoms with Gasteiger partial charge in [0.1, 0.15) is 6.61 Å². The average molecular weight is 1450 g/mol. The Kier molecular flexibility index (Phi) is 68.8. The molecule has 0 saturated carbocycles. The normalized spacial score (nSPS) is 16.3. The Morgan fingerprint density at radius 1 is 0.330 bits per heavy atom. The van der Waals surface area contributed by atoms with Crippen molar-refractivity contribution in [2.24, 2.45) is 63.6 Å². The van der Waals surface area contributed by atoms with E-state index in [4.69, 9.17) is 4.74 Å². The van der Waals surface area contributed by atoms with E-state index in [1.807, 2.05) is 6.08 Å². The maximum absolute atomic E-state index is 17.1. The number of aliphatic hydroxyl groups excluding tert-OH is 1. The quantitative estimate of drug-likeness (QED) is 0.0358. The number of carbonyl (C=O) groups is 2. The number of carbonyl (C=O) groups excluding carboxylic acids is 1. The van der Waals surface area contributed by atoms with Crippen LogP contribution in [0.5, 0.6) is 0 Å². The second-order valence-electron chi connectivity index (χ2n) is 35.1. The van der Waals surface area contributed by atoms with E-state index in [-0.39, 0.29) is 41.7 Å². The fourth-order valence-electron chi connectivity index (χ4n) is 21.2. The fourth-order valence-corrected chi connectivity index (χ4v) is 21.2. The number of hydrogen-bond acceptors (Lipinski definition) is 5. The van der Waals surface area contributed by atoms with Gasteiger partial charge in [0, 0.05) is 13.0 Å². The first kappa shape index (κ1) is 102. The van der Waals surface area contributed by atoms with Crippen LogP contribution in [0, 0.1) is 63.6 Å². The summed E-state index contributed by atoms with van der Waals surface area (Å²) in [4.78, 5) is 32.5. The minimum absolute atomic E-state index is 0.0349. The highest BCUT2D eigenvalue weighted by Gasteiger charge is 2.75. The smallest absolute Gasteiger partial charge is 0.310 e. The molecule has 0 amide bonds. The molecular weight excluding hydrogens is 1260 g/mol. The van der Waals surface area contributed by atoms with Crippen molar-refractivity contribution < 1.29 is 24.5 Å². The van der Waals surface area contributed by atoms with Gasteiger partial charge < -0.3 is 19.8 Å². The SMILES string of the molecule is CCCCCC/C=C/COC(=O)CCCCCCCN(CCO)CCCC(C(C)CCCCCCCC)C(C(C)CCCCCCCC)(C(C)CCCCCCCC)C(C(C)CCCCCCCC)(C(C)CCCCCCCC)C(C(=O)O)(C(C)CCCCCCCC)C(C)CCCCCCCC. The van der Waals surface area contributed by atoms with Gasteiger partial charge in [0.25, 0.3) is 0 Å². The summed E-state index contributed by atoms with van der Waals surface area (Å²) in [6.45, 7) is 41.2. The Bertz CT molecular complexity index is 1780. The lowest BCUT2D eigenvalue weighted by Gasteiger charge is -2.74. The standard InChI is InChI=1S/C97H191NO5/c1-16-24-32-40-48-59-69-84-103-93(100)79-67-57-49-58-68-80-98(82-83-99)81-70-78-92(85(9)71-60-50-41-33-25-17-2)95(86(10)72-61-51-42-34-26-18-3,87(11)73-62-52-43-35-27-19-4)97(90(14)76-65-55-46-38-30-22-7,91(15)77-66-56-47-39-31-23-8)96(94(101)102,88(12)74-63-53-44-36-28-20-5)89(13)75-64-54-45-37-29-21-6/h59,69,85-92,99H,16-58,60-68,70-84H2,1-15H3,(H,101,102)/b69-59+. The van der Waals surface area contributed by atoms with Gasteiger partial charge in [0.2, 0.25) is 0 Å². The molecule has 0 aromatic rings.